The molecule has 0 aliphatic rings. The van der Waals surface area contributed by atoms with Crippen molar-refractivity contribution in [3.63, 3.8) is 0 Å². The lowest BCUT2D eigenvalue weighted by Crippen LogP contribution is -2.07. The Labute approximate surface area is 121 Å². The fourth-order valence-corrected chi connectivity index (χ4v) is 1.79. The van der Waals surface area contributed by atoms with Gasteiger partial charge in [0.05, 0.1) is 18.2 Å². The van der Waals surface area contributed by atoms with E-state index in [1.807, 2.05) is 0 Å². The topological polar surface area (TPSA) is 22.1 Å². The predicted molar refractivity (Wildman–Crippen MR) is 66.2 cm³/mol. The van der Waals surface area contributed by atoms with Crippen LogP contribution in [-0.4, -0.2) is 12.1 Å². The summed E-state index contributed by atoms with van der Waals surface area (Å²) in [6.07, 6.45) is -8.47. The minimum atomic E-state index is -4.58. The Hall–Kier alpha value is -2.25. The van der Waals surface area contributed by atoms with E-state index in [1.165, 1.54) is 0 Å². The average Bonchev–Trinajstić information content (AvgIpc) is 2.45. The van der Waals surface area contributed by atoms with Crippen LogP contribution in [0.1, 0.15) is 11.1 Å². The Balaban J connectivity index is 2.44. The van der Waals surface area contributed by atoms with E-state index in [2.05, 4.69) is 4.98 Å². The zero-order valence-corrected chi connectivity index (χ0v) is 11.1. The van der Waals surface area contributed by atoms with Crippen molar-refractivity contribution in [3.8, 4) is 17.0 Å². The summed E-state index contributed by atoms with van der Waals surface area (Å²) < 4.78 is 80.1. The number of rotatable bonds is 2. The average molecular weight is 321 g/mol. The molecule has 1 aromatic carbocycles. The molecule has 0 radical (unpaired) electrons. The highest BCUT2D eigenvalue weighted by Gasteiger charge is 2.32. The molecule has 0 saturated carbocycles. The maximum atomic E-state index is 12.6. The van der Waals surface area contributed by atoms with Gasteiger partial charge in [-0.2, -0.15) is 26.3 Å². The van der Waals surface area contributed by atoms with Gasteiger partial charge in [0.1, 0.15) is 11.4 Å². The summed E-state index contributed by atoms with van der Waals surface area (Å²) in [6, 6.07) is 4.66. The lowest BCUT2D eigenvalue weighted by atomic mass is 10.1. The van der Waals surface area contributed by atoms with Crippen LogP contribution in [0.25, 0.3) is 11.3 Å². The van der Waals surface area contributed by atoms with Crippen molar-refractivity contribution in [1.29, 1.82) is 0 Å². The molecule has 118 valence electrons. The van der Waals surface area contributed by atoms with Gasteiger partial charge in [0.15, 0.2) is 0 Å². The van der Waals surface area contributed by atoms with E-state index in [-0.39, 0.29) is 17.0 Å². The standard InChI is InChI=1S/C14H9F6NO/c1-22-11-6-10(14(18,19)20)7-21-12(11)8-2-4-9(5-3-8)13(15,16)17/h2-7H,1H3. The molecule has 0 bridgehead atoms. The first kappa shape index (κ1) is 16.1. The van der Waals surface area contributed by atoms with Crippen LogP contribution in [0.3, 0.4) is 0 Å². The number of benzene rings is 1. The zero-order chi connectivity index (χ0) is 16.5. The normalized spacial score (nSPS) is 12.3. The lowest BCUT2D eigenvalue weighted by Gasteiger charge is -2.12. The first-order valence-corrected chi connectivity index (χ1v) is 5.92. The molecule has 0 atom stereocenters. The van der Waals surface area contributed by atoms with Crippen molar-refractivity contribution in [2.75, 3.05) is 7.11 Å². The summed E-state index contributed by atoms with van der Waals surface area (Å²) >= 11 is 0. The summed E-state index contributed by atoms with van der Waals surface area (Å²) in [5.41, 5.74) is -1.61. The molecule has 22 heavy (non-hydrogen) atoms. The highest BCUT2D eigenvalue weighted by molar-refractivity contribution is 5.67. The first-order valence-electron chi connectivity index (χ1n) is 5.92. The molecule has 0 unspecified atom stereocenters. The molecule has 2 rings (SSSR count). The van der Waals surface area contributed by atoms with E-state index in [1.54, 1.807) is 0 Å². The second-order valence-corrected chi connectivity index (χ2v) is 4.35. The summed E-state index contributed by atoms with van der Waals surface area (Å²) in [4.78, 5) is 3.65. The molecule has 0 fully saturated rings. The van der Waals surface area contributed by atoms with E-state index < -0.39 is 23.5 Å². The van der Waals surface area contributed by atoms with Crippen LogP contribution in [0.5, 0.6) is 5.75 Å². The SMILES string of the molecule is COc1cc(C(F)(F)F)cnc1-c1ccc(C(F)(F)F)cc1. The van der Waals surface area contributed by atoms with E-state index in [9.17, 15) is 26.3 Å². The van der Waals surface area contributed by atoms with Crippen molar-refractivity contribution in [2.24, 2.45) is 0 Å². The van der Waals surface area contributed by atoms with Crippen molar-refractivity contribution in [2.45, 2.75) is 12.4 Å². The predicted octanol–water partition coefficient (Wildman–Crippen LogP) is 4.79. The van der Waals surface area contributed by atoms with Gasteiger partial charge in [-0.25, -0.2) is 0 Å². The number of aromatic nitrogens is 1. The molecule has 8 heteroatoms. The Morgan fingerprint density at radius 2 is 1.41 bits per heavy atom. The van der Waals surface area contributed by atoms with E-state index in [0.29, 0.717) is 6.20 Å². The number of hydrogen-bond donors (Lipinski definition) is 0. The van der Waals surface area contributed by atoms with Gasteiger partial charge in [-0.15, -0.1) is 0 Å². The van der Waals surface area contributed by atoms with Crippen LogP contribution in [-0.2, 0) is 12.4 Å². The second kappa shape index (κ2) is 5.51. The molecular formula is C14H9F6NO. The first-order chi connectivity index (χ1) is 10.1. The molecule has 0 amide bonds. The maximum Gasteiger partial charge on any atom is 0.418 e. The number of halogens is 6. The van der Waals surface area contributed by atoms with E-state index in [4.69, 9.17) is 4.74 Å². The molecule has 2 nitrogen and oxygen atoms in total. The van der Waals surface area contributed by atoms with Crippen LogP contribution < -0.4 is 4.74 Å². The molecule has 0 spiro atoms. The molecule has 0 aliphatic heterocycles. The quantitative estimate of drug-likeness (QED) is 0.742. The van der Waals surface area contributed by atoms with Gasteiger partial charge in [-0.05, 0) is 18.2 Å². The number of pyridine rings is 1. The van der Waals surface area contributed by atoms with Gasteiger partial charge in [0, 0.05) is 11.8 Å². The van der Waals surface area contributed by atoms with Crippen LogP contribution in [0.4, 0.5) is 26.3 Å². The van der Waals surface area contributed by atoms with Crippen LogP contribution in [0.2, 0.25) is 0 Å². The lowest BCUT2D eigenvalue weighted by molar-refractivity contribution is -0.138. The summed E-state index contributed by atoms with van der Waals surface area (Å²) in [7, 11) is 1.16. The Bertz CT molecular complexity index is 661. The van der Waals surface area contributed by atoms with Crippen molar-refractivity contribution in [3.05, 3.63) is 47.7 Å². The summed E-state index contributed by atoms with van der Waals surface area (Å²) in [6.45, 7) is 0. The van der Waals surface area contributed by atoms with Crippen molar-refractivity contribution < 1.29 is 31.1 Å². The monoisotopic (exact) mass is 321 g/mol. The van der Waals surface area contributed by atoms with Crippen LogP contribution in [0.15, 0.2) is 36.5 Å². The molecule has 0 aliphatic carbocycles. The third-order valence-corrected chi connectivity index (χ3v) is 2.89. The second-order valence-electron chi connectivity index (χ2n) is 4.35. The smallest absolute Gasteiger partial charge is 0.418 e. The molecule has 1 aromatic heterocycles. The van der Waals surface area contributed by atoms with Gasteiger partial charge >= 0.3 is 12.4 Å². The molecule has 0 saturated heterocycles. The molecular weight excluding hydrogens is 312 g/mol. The van der Waals surface area contributed by atoms with E-state index >= 15 is 0 Å². The van der Waals surface area contributed by atoms with Crippen LogP contribution >= 0.6 is 0 Å². The molecule has 1 heterocycles. The molecule has 2 aromatic rings. The Kier molecular flexibility index (Phi) is 4.04. The van der Waals surface area contributed by atoms with Crippen LogP contribution in [0, 0.1) is 0 Å². The summed E-state index contributed by atoms with van der Waals surface area (Å²) in [5, 5.41) is 0. The summed E-state index contributed by atoms with van der Waals surface area (Å²) in [5.74, 6) is -0.172. The fourth-order valence-electron chi connectivity index (χ4n) is 1.79. The third-order valence-electron chi connectivity index (χ3n) is 2.89. The van der Waals surface area contributed by atoms with Gasteiger partial charge in [-0.3, -0.25) is 4.98 Å². The van der Waals surface area contributed by atoms with Crippen molar-refractivity contribution >= 4 is 0 Å². The van der Waals surface area contributed by atoms with Crippen molar-refractivity contribution in [1.82, 2.24) is 4.98 Å². The minimum Gasteiger partial charge on any atom is -0.494 e. The number of nitrogens with zero attached hydrogens (tertiary/aromatic N) is 1. The van der Waals surface area contributed by atoms with Gasteiger partial charge in [0.25, 0.3) is 0 Å². The number of alkyl halides is 6. The number of ether oxygens (including phenoxy) is 1. The Morgan fingerprint density at radius 3 is 1.86 bits per heavy atom. The van der Waals surface area contributed by atoms with Gasteiger partial charge in [0.2, 0.25) is 0 Å². The highest BCUT2D eigenvalue weighted by Crippen LogP contribution is 2.36. The highest BCUT2D eigenvalue weighted by atomic mass is 19.4. The van der Waals surface area contributed by atoms with Gasteiger partial charge in [-0.1, -0.05) is 12.1 Å². The minimum absolute atomic E-state index is 0.0317. The van der Waals surface area contributed by atoms with E-state index in [0.717, 1.165) is 37.4 Å². The number of methoxy groups -OCH3 is 1. The molecule has 0 N–H and O–H groups in total. The number of hydrogen-bond acceptors (Lipinski definition) is 2. The Morgan fingerprint density at radius 1 is 0.864 bits per heavy atom. The fraction of sp³-hybridized carbons (Fsp3) is 0.214. The van der Waals surface area contributed by atoms with Gasteiger partial charge < -0.3 is 4.74 Å². The maximum absolute atomic E-state index is 12.6. The third kappa shape index (κ3) is 3.32. The zero-order valence-electron chi connectivity index (χ0n) is 11.1. The largest absolute Gasteiger partial charge is 0.494 e.